The van der Waals surface area contributed by atoms with Crippen LogP contribution in [0.3, 0.4) is 0 Å². The number of unbranched alkanes of at least 4 members (excludes halogenated alkanes) is 1. The molecule has 0 aliphatic carbocycles. The van der Waals surface area contributed by atoms with Gasteiger partial charge in [0.2, 0.25) is 0 Å². The molecular formula is C9H15NO. The average molecular weight is 153 g/mol. The Morgan fingerprint density at radius 3 is 2.64 bits per heavy atom. The van der Waals surface area contributed by atoms with E-state index in [2.05, 4.69) is 11.9 Å². The van der Waals surface area contributed by atoms with E-state index in [0.717, 1.165) is 12.1 Å². The fourth-order valence-corrected chi connectivity index (χ4v) is 1.10. The molecule has 1 heterocycles. The molecule has 0 aromatic carbocycles. The highest BCUT2D eigenvalue weighted by molar-refractivity contribution is 5.12. The first kappa shape index (κ1) is 8.34. The molecule has 2 N–H and O–H groups in total. The molecule has 0 fully saturated rings. The molecule has 1 rings (SSSR count). The van der Waals surface area contributed by atoms with Crippen LogP contribution < -0.4 is 0 Å². The quantitative estimate of drug-likeness (QED) is 0.680. The highest BCUT2D eigenvalue weighted by Crippen LogP contribution is 2.05. The van der Waals surface area contributed by atoms with Crippen LogP contribution in [-0.4, -0.2) is 10.1 Å². The van der Waals surface area contributed by atoms with Crippen LogP contribution in [0.5, 0.6) is 0 Å². The summed E-state index contributed by atoms with van der Waals surface area (Å²) >= 11 is 0. The van der Waals surface area contributed by atoms with Crippen LogP contribution in [0.1, 0.15) is 31.2 Å². The average Bonchev–Trinajstić information content (AvgIpc) is 2.48. The molecule has 1 aromatic heterocycles. The SMILES string of the molecule is CCCCc1ccc(CO)[nH]1. The lowest BCUT2D eigenvalue weighted by molar-refractivity contribution is 0.277. The number of aromatic amines is 1. The summed E-state index contributed by atoms with van der Waals surface area (Å²) < 4.78 is 0. The molecule has 0 aliphatic heterocycles. The summed E-state index contributed by atoms with van der Waals surface area (Å²) in [6, 6.07) is 3.98. The molecule has 0 aliphatic rings. The molecule has 0 amide bonds. The van der Waals surface area contributed by atoms with Crippen molar-refractivity contribution in [2.24, 2.45) is 0 Å². The third-order valence-corrected chi connectivity index (χ3v) is 1.78. The van der Waals surface area contributed by atoms with Gasteiger partial charge in [-0.3, -0.25) is 0 Å². The van der Waals surface area contributed by atoms with Gasteiger partial charge < -0.3 is 10.1 Å². The van der Waals surface area contributed by atoms with E-state index < -0.39 is 0 Å². The fraction of sp³-hybridized carbons (Fsp3) is 0.556. The molecule has 0 unspecified atom stereocenters. The minimum atomic E-state index is 0.117. The number of hydrogen-bond acceptors (Lipinski definition) is 1. The third-order valence-electron chi connectivity index (χ3n) is 1.78. The van der Waals surface area contributed by atoms with Gasteiger partial charge in [-0.1, -0.05) is 13.3 Å². The van der Waals surface area contributed by atoms with Crippen molar-refractivity contribution in [2.75, 3.05) is 0 Å². The van der Waals surface area contributed by atoms with Gasteiger partial charge in [0.15, 0.2) is 0 Å². The zero-order valence-corrected chi connectivity index (χ0v) is 6.93. The standard InChI is InChI=1S/C9H15NO/c1-2-3-4-8-5-6-9(7-11)10-8/h5-6,10-11H,2-4,7H2,1H3. The van der Waals surface area contributed by atoms with E-state index in [-0.39, 0.29) is 6.61 Å². The number of aryl methyl sites for hydroxylation is 1. The van der Waals surface area contributed by atoms with E-state index in [1.807, 2.05) is 12.1 Å². The molecule has 0 atom stereocenters. The van der Waals surface area contributed by atoms with Gasteiger partial charge in [0, 0.05) is 11.4 Å². The smallest absolute Gasteiger partial charge is 0.0830 e. The van der Waals surface area contributed by atoms with Gasteiger partial charge in [-0.15, -0.1) is 0 Å². The van der Waals surface area contributed by atoms with Crippen molar-refractivity contribution < 1.29 is 5.11 Å². The van der Waals surface area contributed by atoms with Crippen molar-refractivity contribution in [3.05, 3.63) is 23.5 Å². The Labute approximate surface area is 67.3 Å². The Morgan fingerprint density at radius 1 is 1.36 bits per heavy atom. The summed E-state index contributed by atoms with van der Waals surface area (Å²) in [5.41, 5.74) is 2.15. The van der Waals surface area contributed by atoms with Crippen molar-refractivity contribution >= 4 is 0 Å². The van der Waals surface area contributed by atoms with E-state index in [0.29, 0.717) is 0 Å². The summed E-state index contributed by atoms with van der Waals surface area (Å²) in [5, 5.41) is 8.75. The first-order chi connectivity index (χ1) is 5.36. The molecule has 0 saturated heterocycles. The van der Waals surface area contributed by atoms with Gasteiger partial charge in [-0.25, -0.2) is 0 Å². The van der Waals surface area contributed by atoms with Gasteiger partial charge in [0.25, 0.3) is 0 Å². The number of nitrogens with one attached hydrogen (secondary N) is 1. The second kappa shape index (κ2) is 4.19. The van der Waals surface area contributed by atoms with Gasteiger partial charge >= 0.3 is 0 Å². The molecule has 62 valence electrons. The first-order valence-corrected chi connectivity index (χ1v) is 4.14. The Bertz CT molecular complexity index is 205. The number of aliphatic hydroxyl groups excluding tert-OH is 1. The van der Waals surface area contributed by atoms with E-state index >= 15 is 0 Å². The number of aliphatic hydroxyl groups is 1. The molecule has 2 nitrogen and oxygen atoms in total. The van der Waals surface area contributed by atoms with Crippen LogP contribution in [0.2, 0.25) is 0 Å². The van der Waals surface area contributed by atoms with Crippen LogP contribution in [0, 0.1) is 0 Å². The van der Waals surface area contributed by atoms with Crippen molar-refractivity contribution in [1.82, 2.24) is 4.98 Å². The molecule has 2 heteroatoms. The monoisotopic (exact) mass is 153 g/mol. The minimum absolute atomic E-state index is 0.117. The topological polar surface area (TPSA) is 36.0 Å². The molecule has 0 spiro atoms. The normalized spacial score (nSPS) is 10.4. The lowest BCUT2D eigenvalue weighted by atomic mass is 10.2. The summed E-state index contributed by atoms with van der Waals surface area (Å²) in [6.07, 6.45) is 3.52. The highest BCUT2D eigenvalue weighted by Gasteiger charge is 1.95. The zero-order chi connectivity index (χ0) is 8.10. The first-order valence-electron chi connectivity index (χ1n) is 4.14. The van der Waals surface area contributed by atoms with Crippen LogP contribution in [-0.2, 0) is 13.0 Å². The zero-order valence-electron chi connectivity index (χ0n) is 6.93. The summed E-state index contributed by atoms with van der Waals surface area (Å²) in [5.74, 6) is 0. The fourth-order valence-electron chi connectivity index (χ4n) is 1.10. The minimum Gasteiger partial charge on any atom is -0.390 e. The van der Waals surface area contributed by atoms with Gasteiger partial charge in [0.1, 0.15) is 0 Å². The van der Waals surface area contributed by atoms with Gasteiger partial charge in [-0.05, 0) is 25.0 Å². The van der Waals surface area contributed by atoms with E-state index in [4.69, 9.17) is 5.11 Å². The largest absolute Gasteiger partial charge is 0.390 e. The van der Waals surface area contributed by atoms with Crippen LogP contribution in [0.15, 0.2) is 12.1 Å². The van der Waals surface area contributed by atoms with E-state index in [1.165, 1.54) is 18.5 Å². The number of aromatic nitrogens is 1. The molecular weight excluding hydrogens is 138 g/mol. The number of hydrogen-bond donors (Lipinski definition) is 2. The van der Waals surface area contributed by atoms with Crippen molar-refractivity contribution in [1.29, 1.82) is 0 Å². The maximum absolute atomic E-state index is 8.75. The maximum Gasteiger partial charge on any atom is 0.0830 e. The second-order valence-electron chi connectivity index (χ2n) is 2.77. The Morgan fingerprint density at radius 2 is 2.09 bits per heavy atom. The van der Waals surface area contributed by atoms with Crippen molar-refractivity contribution in [3.63, 3.8) is 0 Å². The second-order valence-corrected chi connectivity index (χ2v) is 2.77. The van der Waals surface area contributed by atoms with Crippen LogP contribution in [0.25, 0.3) is 0 Å². The van der Waals surface area contributed by atoms with Gasteiger partial charge in [0.05, 0.1) is 6.61 Å². The predicted molar refractivity (Wildman–Crippen MR) is 45.3 cm³/mol. The number of rotatable bonds is 4. The molecule has 0 bridgehead atoms. The molecule has 1 aromatic rings. The third kappa shape index (κ3) is 2.39. The van der Waals surface area contributed by atoms with Crippen LogP contribution >= 0.6 is 0 Å². The molecule has 11 heavy (non-hydrogen) atoms. The van der Waals surface area contributed by atoms with E-state index in [9.17, 15) is 0 Å². The van der Waals surface area contributed by atoms with Gasteiger partial charge in [-0.2, -0.15) is 0 Å². The maximum atomic E-state index is 8.75. The van der Waals surface area contributed by atoms with Crippen molar-refractivity contribution in [3.8, 4) is 0 Å². The Kier molecular flexibility index (Phi) is 3.17. The molecule has 0 saturated carbocycles. The Balaban J connectivity index is 2.44. The summed E-state index contributed by atoms with van der Waals surface area (Å²) in [7, 11) is 0. The van der Waals surface area contributed by atoms with Crippen LogP contribution in [0.4, 0.5) is 0 Å². The predicted octanol–water partition coefficient (Wildman–Crippen LogP) is 1.85. The lowest BCUT2D eigenvalue weighted by Gasteiger charge is -1.93. The highest BCUT2D eigenvalue weighted by atomic mass is 16.3. The summed E-state index contributed by atoms with van der Waals surface area (Å²) in [6.45, 7) is 2.29. The molecule has 0 radical (unpaired) electrons. The lowest BCUT2D eigenvalue weighted by Crippen LogP contribution is -1.86. The van der Waals surface area contributed by atoms with Crippen molar-refractivity contribution in [2.45, 2.75) is 32.8 Å². The Hall–Kier alpha value is -0.760. The number of H-pyrrole nitrogens is 1. The van der Waals surface area contributed by atoms with E-state index in [1.54, 1.807) is 0 Å². The summed E-state index contributed by atoms with van der Waals surface area (Å²) in [4.78, 5) is 3.15.